The molecular weight excluding hydrogens is 297 g/mol. The SMILES string of the molecule is COc1ccc(C(=O)CC(=O)c2cccs2)cc1.F[B]F. The monoisotopic (exact) mass is 309 g/mol. The van der Waals surface area contributed by atoms with Crippen LogP contribution in [0.15, 0.2) is 41.8 Å². The number of benzene rings is 1. The van der Waals surface area contributed by atoms with E-state index in [1.807, 2.05) is 5.38 Å². The molecule has 0 amide bonds. The number of carbonyl (C=O) groups excluding carboxylic acids is 2. The van der Waals surface area contributed by atoms with Gasteiger partial charge in [-0.15, -0.1) is 11.3 Å². The first-order valence-electron chi connectivity index (χ1n) is 5.88. The Kier molecular flexibility index (Phi) is 7.32. The summed E-state index contributed by atoms with van der Waals surface area (Å²) in [6.45, 7) is 0. The predicted octanol–water partition coefficient (Wildman–Crippen LogP) is 3.67. The Balaban J connectivity index is 0.000000677. The molecule has 0 atom stereocenters. The fraction of sp³-hybridized carbons (Fsp3) is 0.143. The number of ether oxygens (including phenoxy) is 1. The second-order valence-electron chi connectivity index (χ2n) is 3.81. The highest BCUT2D eigenvalue weighted by Gasteiger charge is 2.14. The zero-order chi connectivity index (χ0) is 15.7. The molecule has 7 heteroatoms. The molecule has 2 rings (SSSR count). The van der Waals surface area contributed by atoms with Gasteiger partial charge in [0, 0.05) is 5.56 Å². The van der Waals surface area contributed by atoms with Crippen LogP contribution in [0.25, 0.3) is 0 Å². The van der Waals surface area contributed by atoms with E-state index >= 15 is 0 Å². The topological polar surface area (TPSA) is 43.4 Å². The van der Waals surface area contributed by atoms with E-state index in [-0.39, 0.29) is 18.0 Å². The first kappa shape index (κ1) is 17.0. The smallest absolute Gasteiger partial charge is 0.497 e. The van der Waals surface area contributed by atoms with Crippen molar-refractivity contribution in [3.8, 4) is 5.75 Å². The molecule has 0 saturated heterocycles. The molecule has 1 aromatic carbocycles. The second kappa shape index (κ2) is 9.02. The van der Waals surface area contributed by atoms with Crippen LogP contribution in [0.5, 0.6) is 5.75 Å². The Morgan fingerprint density at radius 2 is 1.76 bits per heavy atom. The number of methoxy groups -OCH3 is 1. The Hall–Kier alpha value is -2.02. The Morgan fingerprint density at radius 3 is 2.24 bits per heavy atom. The van der Waals surface area contributed by atoms with Crippen LogP contribution in [0.3, 0.4) is 0 Å². The van der Waals surface area contributed by atoms with Crippen LogP contribution >= 0.6 is 11.3 Å². The van der Waals surface area contributed by atoms with Gasteiger partial charge in [-0.05, 0) is 35.7 Å². The Morgan fingerprint density at radius 1 is 1.14 bits per heavy atom. The fourth-order valence-electron chi connectivity index (χ4n) is 1.55. The largest absolute Gasteiger partial charge is 0.577 e. The van der Waals surface area contributed by atoms with E-state index in [1.165, 1.54) is 11.3 Å². The summed E-state index contributed by atoms with van der Waals surface area (Å²) in [7, 11) is 0.567. The number of rotatable bonds is 5. The van der Waals surface area contributed by atoms with Crippen molar-refractivity contribution < 1.29 is 23.0 Å². The third kappa shape index (κ3) is 5.47. The Bertz CT molecular complexity index is 570. The van der Waals surface area contributed by atoms with Crippen LogP contribution in [-0.4, -0.2) is 26.5 Å². The highest BCUT2D eigenvalue weighted by atomic mass is 32.1. The maximum Gasteiger partial charge on any atom is 0.577 e. The third-order valence-corrected chi connectivity index (χ3v) is 3.44. The van der Waals surface area contributed by atoms with Gasteiger partial charge in [-0.3, -0.25) is 18.2 Å². The van der Waals surface area contributed by atoms with Gasteiger partial charge in [0.25, 0.3) is 0 Å². The highest BCUT2D eigenvalue weighted by molar-refractivity contribution is 7.12. The average Bonchev–Trinajstić information content (AvgIpc) is 3.02. The van der Waals surface area contributed by atoms with E-state index in [4.69, 9.17) is 4.74 Å². The molecule has 109 valence electrons. The number of hydrogen-bond acceptors (Lipinski definition) is 4. The number of ketones is 2. The summed E-state index contributed by atoms with van der Waals surface area (Å²) < 4.78 is 24.0. The molecule has 0 aliphatic carbocycles. The molecule has 0 fully saturated rings. The summed E-state index contributed by atoms with van der Waals surface area (Å²) in [5, 5.41) is 1.82. The number of halogens is 2. The van der Waals surface area contributed by atoms with E-state index in [1.54, 1.807) is 43.5 Å². The molecule has 1 heterocycles. The van der Waals surface area contributed by atoms with Crippen LogP contribution in [0.2, 0.25) is 0 Å². The van der Waals surface area contributed by atoms with Gasteiger partial charge in [-0.25, -0.2) is 0 Å². The highest BCUT2D eigenvalue weighted by Crippen LogP contribution is 2.16. The lowest BCUT2D eigenvalue weighted by atomic mass is 10.1. The number of Topliss-reactive ketones (excluding diaryl/α,β-unsaturated/α-hetero) is 2. The van der Waals surface area contributed by atoms with Crippen LogP contribution in [0.4, 0.5) is 8.63 Å². The third-order valence-electron chi connectivity index (χ3n) is 2.53. The van der Waals surface area contributed by atoms with Crippen molar-refractivity contribution >= 4 is 30.7 Å². The molecule has 0 saturated carbocycles. The molecule has 1 radical (unpaired) electrons. The zero-order valence-electron chi connectivity index (χ0n) is 11.2. The minimum atomic E-state index is -1.00. The molecule has 0 spiro atoms. The molecular formula is C14H12BF2O3S. The summed E-state index contributed by atoms with van der Waals surface area (Å²) in [5.74, 6) is 0.387. The van der Waals surface area contributed by atoms with Gasteiger partial charge in [0.05, 0.1) is 18.4 Å². The quantitative estimate of drug-likeness (QED) is 0.481. The van der Waals surface area contributed by atoms with Gasteiger partial charge in [-0.1, -0.05) is 6.07 Å². The molecule has 0 aliphatic rings. The molecule has 3 nitrogen and oxygen atoms in total. The van der Waals surface area contributed by atoms with Gasteiger partial charge in [0.2, 0.25) is 0 Å². The van der Waals surface area contributed by atoms with E-state index in [0.29, 0.717) is 16.2 Å². The number of carbonyl (C=O) groups is 2. The minimum absolute atomic E-state index is 0.0904. The van der Waals surface area contributed by atoms with Crippen LogP contribution in [0, 0.1) is 0 Å². The van der Waals surface area contributed by atoms with E-state index < -0.39 is 7.83 Å². The first-order valence-corrected chi connectivity index (χ1v) is 6.76. The average molecular weight is 309 g/mol. The normalized spacial score (nSPS) is 9.29. The van der Waals surface area contributed by atoms with Crippen LogP contribution in [0.1, 0.15) is 26.5 Å². The summed E-state index contributed by atoms with van der Waals surface area (Å²) in [6.07, 6.45) is -0.0904. The lowest BCUT2D eigenvalue weighted by Crippen LogP contribution is -2.07. The van der Waals surface area contributed by atoms with E-state index in [9.17, 15) is 18.2 Å². The zero-order valence-corrected chi connectivity index (χ0v) is 12.0. The molecule has 21 heavy (non-hydrogen) atoms. The van der Waals surface area contributed by atoms with Gasteiger partial charge in [0.1, 0.15) is 5.75 Å². The molecule has 0 aliphatic heterocycles. The van der Waals surface area contributed by atoms with Crippen LogP contribution < -0.4 is 4.74 Å². The Labute approximate surface area is 125 Å². The van der Waals surface area contributed by atoms with Crippen molar-refractivity contribution in [2.75, 3.05) is 7.11 Å². The lowest BCUT2D eigenvalue weighted by molar-refractivity contribution is 0.0896. The summed E-state index contributed by atoms with van der Waals surface area (Å²) in [5.41, 5.74) is 0.528. The maximum atomic E-state index is 11.9. The van der Waals surface area contributed by atoms with Crippen molar-refractivity contribution in [2.24, 2.45) is 0 Å². The first-order chi connectivity index (χ1) is 10.1. The van der Waals surface area contributed by atoms with Crippen molar-refractivity contribution in [1.29, 1.82) is 0 Å². The fourth-order valence-corrected chi connectivity index (χ4v) is 2.21. The van der Waals surface area contributed by atoms with Crippen molar-refractivity contribution in [3.63, 3.8) is 0 Å². The standard InChI is InChI=1S/C14H12O3S.BF2/c1-17-11-6-4-10(5-7-11)12(15)9-13(16)14-3-2-8-18-14;2-1-3/h2-8H,9H2,1H3;. The van der Waals surface area contributed by atoms with Crippen molar-refractivity contribution in [2.45, 2.75) is 6.42 Å². The molecule has 0 bridgehead atoms. The van der Waals surface area contributed by atoms with E-state index in [0.717, 1.165) is 0 Å². The summed E-state index contributed by atoms with van der Waals surface area (Å²) in [4.78, 5) is 24.3. The molecule has 0 unspecified atom stereocenters. The number of hydrogen-bond donors (Lipinski definition) is 0. The van der Waals surface area contributed by atoms with Gasteiger partial charge >= 0.3 is 7.83 Å². The van der Waals surface area contributed by atoms with Gasteiger partial charge < -0.3 is 4.74 Å². The van der Waals surface area contributed by atoms with Crippen molar-refractivity contribution in [3.05, 3.63) is 52.2 Å². The minimum Gasteiger partial charge on any atom is -0.497 e. The predicted molar refractivity (Wildman–Crippen MR) is 78.6 cm³/mol. The molecule has 1 aromatic heterocycles. The molecule has 0 N–H and O–H groups in total. The van der Waals surface area contributed by atoms with Gasteiger partial charge in [0.15, 0.2) is 11.6 Å². The summed E-state index contributed by atoms with van der Waals surface area (Å²) >= 11 is 1.35. The van der Waals surface area contributed by atoms with Crippen molar-refractivity contribution in [1.82, 2.24) is 0 Å². The summed E-state index contributed by atoms with van der Waals surface area (Å²) in [6, 6.07) is 10.3. The molecule has 2 aromatic rings. The van der Waals surface area contributed by atoms with Gasteiger partial charge in [-0.2, -0.15) is 0 Å². The second-order valence-corrected chi connectivity index (χ2v) is 4.76. The lowest BCUT2D eigenvalue weighted by Gasteiger charge is -2.02. The van der Waals surface area contributed by atoms with Crippen LogP contribution in [-0.2, 0) is 0 Å². The maximum absolute atomic E-state index is 11.9. The van der Waals surface area contributed by atoms with E-state index in [2.05, 4.69) is 0 Å². The number of thiophene rings is 1.